The number of carboxylic acid groups (broad SMARTS) is 1. The van der Waals surface area contributed by atoms with Crippen LogP contribution in [0.15, 0.2) is 42.9 Å². The second-order valence-corrected chi connectivity index (χ2v) is 3.30. The van der Waals surface area contributed by atoms with E-state index >= 15 is 0 Å². The number of carbonyl (C=O) groups is 1. The van der Waals surface area contributed by atoms with Crippen molar-refractivity contribution in [1.29, 1.82) is 0 Å². The fraction of sp³-hybridized carbons (Fsp3) is 0.0833. The molecule has 2 heterocycles. The molecule has 2 N–H and O–H groups in total. The van der Waals surface area contributed by atoms with Gasteiger partial charge in [0.05, 0.1) is 0 Å². The summed E-state index contributed by atoms with van der Waals surface area (Å²) < 4.78 is 9.08. The monoisotopic (exact) mass is 233 g/mol. The molecular weight excluding hydrogens is 222 g/mol. The molecule has 0 unspecified atom stereocenters. The molecule has 17 heavy (non-hydrogen) atoms. The number of nitrogens with one attached hydrogen (secondary N) is 1. The standard InChI is InChI=1S/C9H7NO2.C3H4O2/c11-9(12)8-5-6-3-1-2-4-7(6)10-8;1-2-5-3-4-1/h1-5,10H,(H,11,12);1-2H,3H2. The Labute approximate surface area is 97.3 Å². The molecule has 3 rings (SSSR count). The summed E-state index contributed by atoms with van der Waals surface area (Å²) in [5.74, 6) is -0.925. The van der Waals surface area contributed by atoms with Crippen molar-refractivity contribution >= 4 is 16.9 Å². The van der Waals surface area contributed by atoms with Gasteiger partial charge in [0.1, 0.15) is 18.2 Å². The molecule has 0 bridgehead atoms. The highest BCUT2D eigenvalue weighted by Gasteiger charge is 2.05. The van der Waals surface area contributed by atoms with E-state index in [0.29, 0.717) is 6.79 Å². The Morgan fingerprint density at radius 1 is 1.24 bits per heavy atom. The molecule has 1 aromatic carbocycles. The summed E-state index contributed by atoms with van der Waals surface area (Å²) in [5, 5.41) is 9.58. The second kappa shape index (κ2) is 5.07. The molecule has 1 aliphatic heterocycles. The van der Waals surface area contributed by atoms with Gasteiger partial charge in [0.15, 0.2) is 0 Å². The first-order valence-electron chi connectivity index (χ1n) is 4.96. The van der Waals surface area contributed by atoms with Crippen LogP contribution in [0, 0.1) is 0 Å². The topological polar surface area (TPSA) is 71.6 Å². The van der Waals surface area contributed by atoms with E-state index in [-0.39, 0.29) is 5.69 Å². The summed E-state index contributed by atoms with van der Waals surface area (Å²) in [5.41, 5.74) is 1.09. The summed E-state index contributed by atoms with van der Waals surface area (Å²) in [6.07, 6.45) is 3.03. The van der Waals surface area contributed by atoms with Gasteiger partial charge in [0.25, 0.3) is 0 Å². The fourth-order valence-electron chi connectivity index (χ4n) is 1.39. The third kappa shape index (κ3) is 2.78. The molecule has 1 aliphatic rings. The number of hydrogen-bond donors (Lipinski definition) is 2. The summed E-state index contributed by atoms with van der Waals surface area (Å²) in [7, 11) is 0. The molecule has 0 saturated heterocycles. The van der Waals surface area contributed by atoms with E-state index in [1.807, 2.05) is 24.3 Å². The maximum atomic E-state index is 10.5. The lowest BCUT2D eigenvalue weighted by atomic mass is 10.2. The molecular formula is C12H11NO4. The van der Waals surface area contributed by atoms with Crippen LogP contribution in [0.3, 0.4) is 0 Å². The summed E-state index contributed by atoms with van der Waals surface area (Å²) in [6, 6.07) is 9.09. The predicted molar refractivity (Wildman–Crippen MR) is 61.4 cm³/mol. The van der Waals surface area contributed by atoms with Crippen molar-refractivity contribution in [3.8, 4) is 0 Å². The van der Waals surface area contributed by atoms with Crippen molar-refractivity contribution in [1.82, 2.24) is 4.98 Å². The van der Waals surface area contributed by atoms with Crippen molar-refractivity contribution in [2.24, 2.45) is 0 Å². The van der Waals surface area contributed by atoms with Crippen molar-refractivity contribution in [3.63, 3.8) is 0 Å². The summed E-state index contributed by atoms with van der Waals surface area (Å²) >= 11 is 0. The first-order valence-corrected chi connectivity index (χ1v) is 4.96. The zero-order valence-corrected chi connectivity index (χ0v) is 8.92. The normalized spacial score (nSPS) is 12.5. The Morgan fingerprint density at radius 2 is 1.94 bits per heavy atom. The van der Waals surface area contributed by atoms with E-state index in [1.165, 1.54) is 12.5 Å². The number of carboxylic acids is 1. The highest BCUT2D eigenvalue weighted by molar-refractivity contribution is 5.93. The number of aromatic amines is 1. The van der Waals surface area contributed by atoms with Gasteiger partial charge in [0.2, 0.25) is 6.79 Å². The molecule has 0 fully saturated rings. The molecule has 5 nitrogen and oxygen atoms in total. The number of benzene rings is 1. The second-order valence-electron chi connectivity index (χ2n) is 3.30. The van der Waals surface area contributed by atoms with E-state index in [9.17, 15) is 4.79 Å². The molecule has 0 amide bonds. The van der Waals surface area contributed by atoms with E-state index in [0.717, 1.165) is 10.9 Å². The third-order valence-corrected chi connectivity index (χ3v) is 2.14. The molecule has 1 aromatic heterocycles. The number of H-pyrrole nitrogens is 1. The lowest BCUT2D eigenvalue weighted by molar-refractivity contribution is 0.0691. The Morgan fingerprint density at radius 3 is 2.47 bits per heavy atom. The Hall–Kier alpha value is -2.43. The Kier molecular flexibility index (Phi) is 3.30. The van der Waals surface area contributed by atoms with Crippen LogP contribution in [0.4, 0.5) is 0 Å². The molecule has 0 spiro atoms. The molecule has 0 aliphatic carbocycles. The van der Waals surface area contributed by atoms with Gasteiger partial charge in [-0.25, -0.2) is 4.79 Å². The van der Waals surface area contributed by atoms with Gasteiger partial charge in [-0.1, -0.05) is 18.2 Å². The SMILES string of the molecule is C1=COCO1.O=C(O)c1cc2ccccc2[nH]1. The van der Waals surface area contributed by atoms with Gasteiger partial charge in [0, 0.05) is 10.9 Å². The lowest BCUT2D eigenvalue weighted by Crippen LogP contribution is -1.94. The highest BCUT2D eigenvalue weighted by Crippen LogP contribution is 2.13. The Balaban J connectivity index is 0.000000181. The first kappa shape index (κ1) is 11.1. The van der Waals surface area contributed by atoms with Crippen LogP contribution in [0.2, 0.25) is 0 Å². The van der Waals surface area contributed by atoms with Crippen LogP contribution in [0.25, 0.3) is 10.9 Å². The van der Waals surface area contributed by atoms with E-state index < -0.39 is 5.97 Å². The number of hydrogen-bond acceptors (Lipinski definition) is 3. The summed E-state index contributed by atoms with van der Waals surface area (Å²) in [4.78, 5) is 13.3. The largest absolute Gasteiger partial charge is 0.477 e. The van der Waals surface area contributed by atoms with Crippen molar-refractivity contribution in [2.45, 2.75) is 0 Å². The zero-order chi connectivity index (χ0) is 12.1. The van der Waals surface area contributed by atoms with E-state index in [2.05, 4.69) is 14.5 Å². The van der Waals surface area contributed by atoms with Gasteiger partial charge in [-0.05, 0) is 12.1 Å². The van der Waals surface area contributed by atoms with Crippen LogP contribution in [0.1, 0.15) is 10.5 Å². The number of para-hydroxylation sites is 1. The highest BCUT2D eigenvalue weighted by atomic mass is 16.7. The van der Waals surface area contributed by atoms with Crippen LogP contribution in [0.5, 0.6) is 0 Å². The number of aromatic carboxylic acids is 1. The maximum absolute atomic E-state index is 10.5. The quantitative estimate of drug-likeness (QED) is 0.792. The number of aromatic nitrogens is 1. The number of rotatable bonds is 1. The lowest BCUT2D eigenvalue weighted by Gasteiger charge is -1.84. The Bertz CT molecular complexity index is 505. The molecule has 0 atom stereocenters. The van der Waals surface area contributed by atoms with Crippen LogP contribution >= 0.6 is 0 Å². The molecule has 0 saturated carbocycles. The minimum absolute atomic E-state index is 0.233. The summed E-state index contributed by atoms with van der Waals surface area (Å²) in [6.45, 7) is 0.389. The van der Waals surface area contributed by atoms with Crippen LogP contribution in [-0.4, -0.2) is 22.9 Å². The zero-order valence-electron chi connectivity index (χ0n) is 8.92. The van der Waals surface area contributed by atoms with Crippen molar-refractivity contribution in [2.75, 3.05) is 6.79 Å². The average Bonchev–Trinajstić information content (AvgIpc) is 3.01. The molecule has 2 aromatic rings. The minimum atomic E-state index is -0.925. The number of ether oxygens (including phenoxy) is 2. The van der Waals surface area contributed by atoms with Gasteiger partial charge >= 0.3 is 5.97 Å². The fourth-order valence-corrected chi connectivity index (χ4v) is 1.39. The third-order valence-electron chi connectivity index (χ3n) is 2.14. The number of fused-ring (bicyclic) bond motifs is 1. The van der Waals surface area contributed by atoms with Crippen LogP contribution in [-0.2, 0) is 9.47 Å². The smallest absolute Gasteiger partial charge is 0.352 e. The van der Waals surface area contributed by atoms with Gasteiger partial charge in [-0.15, -0.1) is 0 Å². The molecule has 88 valence electrons. The van der Waals surface area contributed by atoms with Crippen LogP contribution < -0.4 is 0 Å². The van der Waals surface area contributed by atoms with Gasteiger partial charge in [-0.3, -0.25) is 0 Å². The van der Waals surface area contributed by atoms with E-state index in [4.69, 9.17) is 5.11 Å². The van der Waals surface area contributed by atoms with Crippen molar-refractivity contribution in [3.05, 3.63) is 48.5 Å². The van der Waals surface area contributed by atoms with Gasteiger partial charge in [-0.2, -0.15) is 0 Å². The predicted octanol–water partition coefficient (Wildman–Crippen LogP) is 2.33. The minimum Gasteiger partial charge on any atom is -0.477 e. The molecule has 5 heteroatoms. The average molecular weight is 233 g/mol. The van der Waals surface area contributed by atoms with E-state index in [1.54, 1.807) is 6.07 Å². The molecule has 0 radical (unpaired) electrons. The van der Waals surface area contributed by atoms with Crippen molar-refractivity contribution < 1.29 is 19.4 Å². The van der Waals surface area contributed by atoms with Gasteiger partial charge < -0.3 is 19.6 Å². The maximum Gasteiger partial charge on any atom is 0.352 e. The first-order chi connectivity index (χ1) is 8.27.